The van der Waals surface area contributed by atoms with Crippen LogP contribution in [-0.4, -0.2) is 62.8 Å². The Bertz CT molecular complexity index is 824. The molecule has 2 amide bonds. The fourth-order valence-electron chi connectivity index (χ4n) is 4.21. The third-order valence-corrected chi connectivity index (χ3v) is 5.97. The minimum absolute atomic E-state index is 0.0636. The Morgan fingerprint density at radius 3 is 2.59 bits per heavy atom. The maximum atomic E-state index is 12.8. The molecule has 2 aliphatic rings. The van der Waals surface area contributed by atoms with E-state index in [1.54, 1.807) is 10.9 Å². The van der Waals surface area contributed by atoms with Gasteiger partial charge in [-0.15, -0.1) is 5.10 Å². The first-order chi connectivity index (χ1) is 13.1. The molecule has 1 spiro atoms. The first kappa shape index (κ1) is 17.7. The third-order valence-electron chi connectivity index (χ3n) is 5.97. The number of amides is 2. The number of piperidine rings is 2. The number of para-hydroxylation sites is 1. The molecule has 2 aliphatic heterocycles. The first-order valence-electron chi connectivity index (χ1n) is 9.65. The van der Waals surface area contributed by atoms with Crippen molar-refractivity contribution in [3.8, 4) is 5.69 Å². The van der Waals surface area contributed by atoms with Gasteiger partial charge >= 0.3 is 0 Å². The highest BCUT2D eigenvalue weighted by Gasteiger charge is 2.41. The zero-order valence-corrected chi connectivity index (χ0v) is 15.7. The predicted octanol–water partition coefficient (Wildman–Crippen LogP) is 2.13. The fourth-order valence-corrected chi connectivity index (χ4v) is 4.21. The number of likely N-dealkylation sites (tertiary alicyclic amines) is 2. The molecule has 0 N–H and O–H groups in total. The van der Waals surface area contributed by atoms with E-state index >= 15 is 0 Å². The Morgan fingerprint density at radius 2 is 1.89 bits per heavy atom. The van der Waals surface area contributed by atoms with Crippen molar-refractivity contribution in [3.05, 3.63) is 42.2 Å². The van der Waals surface area contributed by atoms with Crippen LogP contribution in [0.1, 0.15) is 43.1 Å². The average molecular weight is 367 g/mol. The van der Waals surface area contributed by atoms with Gasteiger partial charge in [-0.25, -0.2) is 4.68 Å². The van der Waals surface area contributed by atoms with E-state index in [1.165, 1.54) is 0 Å². The van der Waals surface area contributed by atoms with E-state index in [9.17, 15) is 9.59 Å². The summed E-state index contributed by atoms with van der Waals surface area (Å²) in [5, 5.41) is 8.17. The number of hydrogen-bond acceptors (Lipinski definition) is 4. The number of carbonyl (C=O) groups excluding carboxylic acids is 2. The molecule has 0 aliphatic carbocycles. The number of hydrogen-bond donors (Lipinski definition) is 0. The summed E-state index contributed by atoms with van der Waals surface area (Å²) in [5.41, 5.74) is 1.43. The lowest BCUT2D eigenvalue weighted by atomic mass is 9.72. The topological polar surface area (TPSA) is 71.3 Å². The Balaban J connectivity index is 1.41. The maximum Gasteiger partial charge on any atom is 0.276 e. The average Bonchev–Trinajstić information content (AvgIpc) is 3.21. The molecule has 3 heterocycles. The van der Waals surface area contributed by atoms with Crippen molar-refractivity contribution in [1.29, 1.82) is 0 Å². The van der Waals surface area contributed by atoms with Crippen LogP contribution in [0.25, 0.3) is 5.69 Å². The summed E-state index contributed by atoms with van der Waals surface area (Å²) in [5.74, 6) is 0.199. The molecule has 0 unspecified atom stereocenters. The highest BCUT2D eigenvalue weighted by molar-refractivity contribution is 5.92. The van der Waals surface area contributed by atoms with Crippen molar-refractivity contribution in [2.24, 2.45) is 5.41 Å². The van der Waals surface area contributed by atoms with Gasteiger partial charge in [0.25, 0.3) is 5.91 Å². The molecule has 0 bridgehead atoms. The Kier molecular flexibility index (Phi) is 4.68. The molecule has 0 saturated carbocycles. The normalized spacial score (nSPS) is 19.5. The summed E-state index contributed by atoms with van der Waals surface area (Å²) in [4.78, 5) is 28.6. The van der Waals surface area contributed by atoms with Gasteiger partial charge in [0.15, 0.2) is 5.69 Å². The summed E-state index contributed by atoms with van der Waals surface area (Å²) in [6, 6.07) is 9.65. The van der Waals surface area contributed by atoms with E-state index in [2.05, 4.69) is 10.3 Å². The van der Waals surface area contributed by atoms with Crippen LogP contribution in [-0.2, 0) is 4.79 Å². The number of benzene rings is 1. The molecule has 2 aromatic rings. The molecule has 0 radical (unpaired) electrons. The molecule has 2 saturated heterocycles. The van der Waals surface area contributed by atoms with Gasteiger partial charge in [-0.2, -0.15) is 0 Å². The summed E-state index contributed by atoms with van der Waals surface area (Å²) in [7, 11) is 0. The molecule has 0 atom stereocenters. The number of carbonyl (C=O) groups is 2. The highest BCUT2D eigenvalue weighted by Crippen LogP contribution is 2.40. The van der Waals surface area contributed by atoms with Crippen LogP contribution in [0.3, 0.4) is 0 Å². The summed E-state index contributed by atoms with van der Waals surface area (Å²) in [6.07, 6.45) is 5.15. The Labute approximate surface area is 158 Å². The molecule has 4 rings (SSSR count). The van der Waals surface area contributed by atoms with E-state index in [0.717, 1.165) is 38.0 Å². The molecule has 2 fully saturated rings. The van der Waals surface area contributed by atoms with Gasteiger partial charge in [-0.1, -0.05) is 23.4 Å². The molecule has 7 nitrogen and oxygen atoms in total. The minimum Gasteiger partial charge on any atom is -0.342 e. The largest absolute Gasteiger partial charge is 0.342 e. The van der Waals surface area contributed by atoms with Crippen LogP contribution >= 0.6 is 0 Å². The molecule has 142 valence electrons. The van der Waals surface area contributed by atoms with Gasteiger partial charge in [0.2, 0.25) is 5.91 Å². The van der Waals surface area contributed by atoms with Crippen molar-refractivity contribution in [2.75, 3.05) is 26.2 Å². The molecule has 7 heteroatoms. The smallest absolute Gasteiger partial charge is 0.276 e. The van der Waals surface area contributed by atoms with Gasteiger partial charge in [-0.05, 0) is 43.7 Å². The summed E-state index contributed by atoms with van der Waals surface area (Å²) < 4.78 is 1.63. The van der Waals surface area contributed by atoms with Crippen LogP contribution in [0, 0.1) is 5.41 Å². The van der Waals surface area contributed by atoms with Crippen LogP contribution in [0.4, 0.5) is 0 Å². The second-order valence-electron chi connectivity index (χ2n) is 7.58. The van der Waals surface area contributed by atoms with Crippen LogP contribution < -0.4 is 0 Å². The van der Waals surface area contributed by atoms with E-state index < -0.39 is 0 Å². The lowest BCUT2D eigenvalue weighted by Crippen LogP contribution is -2.52. The van der Waals surface area contributed by atoms with Gasteiger partial charge in [0.1, 0.15) is 0 Å². The number of rotatable bonds is 3. The zero-order valence-electron chi connectivity index (χ0n) is 15.7. The lowest BCUT2D eigenvalue weighted by molar-refractivity contribution is -0.138. The monoisotopic (exact) mass is 367 g/mol. The quantitative estimate of drug-likeness (QED) is 0.833. The van der Waals surface area contributed by atoms with Gasteiger partial charge in [0, 0.05) is 32.6 Å². The Hall–Kier alpha value is -2.70. The first-order valence-corrected chi connectivity index (χ1v) is 9.65. The SMILES string of the molecule is CCN1CC2(CCC1=O)CCN(C(=O)c1cn(-c3ccccc3)nn1)CC2. The van der Waals surface area contributed by atoms with Gasteiger partial charge in [0.05, 0.1) is 11.9 Å². The van der Waals surface area contributed by atoms with E-state index in [4.69, 9.17) is 0 Å². The van der Waals surface area contributed by atoms with Crippen molar-refractivity contribution in [1.82, 2.24) is 24.8 Å². The van der Waals surface area contributed by atoms with Crippen molar-refractivity contribution in [2.45, 2.75) is 32.6 Å². The van der Waals surface area contributed by atoms with Crippen LogP contribution in [0.5, 0.6) is 0 Å². The maximum absolute atomic E-state index is 12.8. The second-order valence-corrected chi connectivity index (χ2v) is 7.58. The fraction of sp³-hybridized carbons (Fsp3) is 0.500. The lowest BCUT2D eigenvalue weighted by Gasteiger charge is -2.47. The van der Waals surface area contributed by atoms with E-state index in [0.29, 0.717) is 25.2 Å². The third kappa shape index (κ3) is 3.46. The molecule has 1 aromatic carbocycles. The van der Waals surface area contributed by atoms with Crippen LogP contribution in [0.2, 0.25) is 0 Å². The highest BCUT2D eigenvalue weighted by atomic mass is 16.2. The van der Waals surface area contributed by atoms with E-state index in [1.807, 2.05) is 47.1 Å². The zero-order chi connectivity index (χ0) is 18.9. The van der Waals surface area contributed by atoms with E-state index in [-0.39, 0.29) is 17.2 Å². The molecular weight excluding hydrogens is 342 g/mol. The second kappa shape index (κ2) is 7.13. The number of nitrogens with zero attached hydrogens (tertiary/aromatic N) is 5. The minimum atomic E-state index is -0.0636. The Morgan fingerprint density at radius 1 is 1.15 bits per heavy atom. The van der Waals surface area contributed by atoms with Crippen molar-refractivity contribution < 1.29 is 9.59 Å². The van der Waals surface area contributed by atoms with Crippen molar-refractivity contribution in [3.63, 3.8) is 0 Å². The van der Waals surface area contributed by atoms with Crippen LogP contribution in [0.15, 0.2) is 36.5 Å². The van der Waals surface area contributed by atoms with Crippen molar-refractivity contribution >= 4 is 11.8 Å². The summed E-state index contributed by atoms with van der Waals surface area (Å²) >= 11 is 0. The standard InChI is InChI=1S/C20H25N5O2/c1-2-23-15-20(9-8-18(23)26)10-12-24(13-11-20)19(27)17-14-25(22-21-17)16-6-4-3-5-7-16/h3-7,14H,2,8-13,15H2,1H3. The number of aromatic nitrogens is 3. The van der Waals surface area contributed by atoms with Gasteiger partial charge < -0.3 is 9.80 Å². The van der Waals surface area contributed by atoms with Gasteiger partial charge in [-0.3, -0.25) is 9.59 Å². The molecule has 1 aromatic heterocycles. The molecular formula is C20H25N5O2. The molecule has 27 heavy (non-hydrogen) atoms. The predicted molar refractivity (Wildman–Crippen MR) is 100 cm³/mol. The summed E-state index contributed by atoms with van der Waals surface area (Å²) in [6.45, 7) is 5.05.